The van der Waals surface area contributed by atoms with Gasteiger partial charge >= 0.3 is 0 Å². The van der Waals surface area contributed by atoms with Crippen molar-refractivity contribution in [2.24, 2.45) is 0 Å². The van der Waals surface area contributed by atoms with Crippen LogP contribution < -0.4 is 5.32 Å². The molecule has 2 aromatic heterocycles. The number of rotatable bonds is 5. The molecule has 0 aliphatic carbocycles. The van der Waals surface area contributed by atoms with Crippen LogP contribution in [0, 0.1) is 0 Å². The maximum atomic E-state index is 4.69. The molecule has 0 bridgehead atoms. The third kappa shape index (κ3) is 3.15. The Bertz CT molecular complexity index is 505. The summed E-state index contributed by atoms with van der Waals surface area (Å²) in [6, 6.07) is 2.54. The van der Waals surface area contributed by atoms with Gasteiger partial charge in [-0.1, -0.05) is 20.8 Å². The summed E-state index contributed by atoms with van der Waals surface area (Å²) < 4.78 is 0. The lowest BCUT2D eigenvalue weighted by Gasteiger charge is -2.05. The van der Waals surface area contributed by atoms with E-state index in [1.54, 1.807) is 11.3 Å². The Morgan fingerprint density at radius 1 is 1.39 bits per heavy atom. The molecule has 96 valence electrons. The Morgan fingerprint density at radius 3 is 2.94 bits per heavy atom. The van der Waals surface area contributed by atoms with Crippen LogP contribution in [0.5, 0.6) is 0 Å². The zero-order chi connectivity index (χ0) is 13.0. The average Bonchev–Trinajstić information content (AvgIpc) is 2.85. The molecule has 0 spiro atoms. The minimum atomic E-state index is 0.488. The van der Waals surface area contributed by atoms with E-state index < -0.39 is 0 Å². The molecule has 0 fully saturated rings. The first-order valence-corrected chi connectivity index (χ1v) is 7.19. The van der Waals surface area contributed by atoms with E-state index in [0.717, 1.165) is 23.7 Å². The zero-order valence-electron chi connectivity index (χ0n) is 11.1. The fraction of sp³-hybridized carbons (Fsp3) is 0.429. The van der Waals surface area contributed by atoms with Crippen LogP contribution in [0.15, 0.2) is 23.8 Å². The van der Waals surface area contributed by atoms with Crippen LogP contribution in [-0.4, -0.2) is 16.0 Å². The van der Waals surface area contributed by atoms with Crippen LogP contribution in [0.2, 0.25) is 0 Å². The van der Waals surface area contributed by atoms with Crippen molar-refractivity contribution in [1.82, 2.24) is 15.3 Å². The van der Waals surface area contributed by atoms with E-state index in [1.807, 2.05) is 12.4 Å². The van der Waals surface area contributed by atoms with Gasteiger partial charge in [-0.25, -0.2) is 4.98 Å². The maximum absolute atomic E-state index is 4.69. The summed E-state index contributed by atoms with van der Waals surface area (Å²) in [6.45, 7) is 7.27. The zero-order valence-corrected chi connectivity index (χ0v) is 11.9. The van der Waals surface area contributed by atoms with Gasteiger partial charge in [-0.2, -0.15) is 0 Å². The van der Waals surface area contributed by atoms with Gasteiger partial charge in [-0.05, 0) is 18.1 Å². The summed E-state index contributed by atoms with van der Waals surface area (Å²) in [5, 5.41) is 6.61. The molecule has 2 heterocycles. The summed E-state index contributed by atoms with van der Waals surface area (Å²) in [5.74, 6) is 0. The van der Waals surface area contributed by atoms with E-state index in [9.17, 15) is 0 Å². The fourth-order valence-corrected chi connectivity index (χ4v) is 2.62. The standard InChI is InChI=1S/C14H19N3S/c1-4-11-7-15-6-5-13(11)14-17-12(9-18-14)8-16-10(2)3/h5-7,9-10,16H,4,8H2,1-3H3. The number of pyridine rings is 1. The fourth-order valence-electron chi connectivity index (χ4n) is 1.74. The predicted molar refractivity (Wildman–Crippen MR) is 76.7 cm³/mol. The molecule has 0 atom stereocenters. The normalized spacial score (nSPS) is 11.1. The second-order valence-corrected chi connectivity index (χ2v) is 5.42. The number of hydrogen-bond acceptors (Lipinski definition) is 4. The van der Waals surface area contributed by atoms with Crippen LogP contribution in [0.3, 0.4) is 0 Å². The summed E-state index contributed by atoms with van der Waals surface area (Å²) >= 11 is 1.70. The van der Waals surface area contributed by atoms with Gasteiger partial charge in [0.15, 0.2) is 0 Å². The van der Waals surface area contributed by atoms with Crippen LogP contribution in [0.25, 0.3) is 10.6 Å². The quantitative estimate of drug-likeness (QED) is 0.897. The molecule has 0 saturated carbocycles. The highest BCUT2D eigenvalue weighted by Crippen LogP contribution is 2.26. The lowest BCUT2D eigenvalue weighted by Crippen LogP contribution is -2.21. The van der Waals surface area contributed by atoms with Gasteiger partial charge in [-0.15, -0.1) is 11.3 Å². The van der Waals surface area contributed by atoms with Crippen LogP contribution >= 0.6 is 11.3 Å². The van der Waals surface area contributed by atoms with E-state index in [-0.39, 0.29) is 0 Å². The molecule has 0 unspecified atom stereocenters. The Balaban J connectivity index is 2.18. The first-order chi connectivity index (χ1) is 8.70. The Labute approximate surface area is 112 Å². The van der Waals surface area contributed by atoms with Gasteiger partial charge in [0.05, 0.1) is 5.69 Å². The highest BCUT2D eigenvalue weighted by atomic mass is 32.1. The summed E-state index contributed by atoms with van der Waals surface area (Å²) in [7, 11) is 0. The first-order valence-electron chi connectivity index (χ1n) is 6.31. The lowest BCUT2D eigenvalue weighted by molar-refractivity contribution is 0.583. The average molecular weight is 261 g/mol. The molecule has 4 heteroatoms. The molecule has 0 aromatic carbocycles. The SMILES string of the molecule is CCc1cnccc1-c1nc(CNC(C)C)cs1. The largest absolute Gasteiger partial charge is 0.309 e. The van der Waals surface area contributed by atoms with Crippen molar-refractivity contribution in [2.45, 2.75) is 39.8 Å². The number of aryl methyl sites for hydroxylation is 1. The number of nitrogens with one attached hydrogen (secondary N) is 1. The minimum Gasteiger partial charge on any atom is -0.309 e. The molecule has 3 nitrogen and oxygen atoms in total. The van der Waals surface area contributed by atoms with Gasteiger partial charge in [0.1, 0.15) is 5.01 Å². The van der Waals surface area contributed by atoms with Crippen molar-refractivity contribution in [3.63, 3.8) is 0 Å². The van der Waals surface area contributed by atoms with Crippen molar-refractivity contribution >= 4 is 11.3 Å². The number of aromatic nitrogens is 2. The maximum Gasteiger partial charge on any atom is 0.124 e. The molecule has 2 rings (SSSR count). The molecule has 0 aliphatic rings. The molecule has 0 amide bonds. The molecule has 1 N–H and O–H groups in total. The molecule has 0 radical (unpaired) electrons. The second kappa shape index (κ2) is 6.07. The van der Waals surface area contributed by atoms with Crippen molar-refractivity contribution in [1.29, 1.82) is 0 Å². The van der Waals surface area contributed by atoms with Gasteiger partial charge in [0.2, 0.25) is 0 Å². The summed E-state index contributed by atoms with van der Waals surface area (Å²) in [5.41, 5.74) is 3.59. The highest BCUT2D eigenvalue weighted by Gasteiger charge is 2.08. The van der Waals surface area contributed by atoms with Crippen molar-refractivity contribution in [3.05, 3.63) is 35.1 Å². The van der Waals surface area contributed by atoms with E-state index >= 15 is 0 Å². The predicted octanol–water partition coefficient (Wildman–Crippen LogP) is 3.27. The monoisotopic (exact) mass is 261 g/mol. The van der Waals surface area contributed by atoms with Gasteiger partial charge in [0.25, 0.3) is 0 Å². The first kappa shape index (κ1) is 13.2. The smallest absolute Gasteiger partial charge is 0.124 e. The Kier molecular flexibility index (Phi) is 4.44. The number of hydrogen-bond donors (Lipinski definition) is 1. The van der Waals surface area contributed by atoms with E-state index in [0.29, 0.717) is 6.04 Å². The highest BCUT2D eigenvalue weighted by molar-refractivity contribution is 7.13. The molecule has 0 aliphatic heterocycles. The van der Waals surface area contributed by atoms with Crippen molar-refractivity contribution in [2.75, 3.05) is 0 Å². The molecule has 0 saturated heterocycles. The third-order valence-corrected chi connectivity index (χ3v) is 3.68. The topological polar surface area (TPSA) is 37.8 Å². The van der Waals surface area contributed by atoms with Gasteiger partial charge in [-0.3, -0.25) is 4.98 Å². The number of nitrogens with zero attached hydrogens (tertiary/aromatic N) is 2. The van der Waals surface area contributed by atoms with E-state index in [4.69, 9.17) is 0 Å². The van der Waals surface area contributed by atoms with E-state index in [2.05, 4.69) is 47.5 Å². The molecular formula is C14H19N3S. The third-order valence-electron chi connectivity index (χ3n) is 2.76. The molecule has 2 aromatic rings. The van der Waals surface area contributed by atoms with Gasteiger partial charge in [0, 0.05) is 35.9 Å². The minimum absolute atomic E-state index is 0.488. The van der Waals surface area contributed by atoms with Crippen LogP contribution in [0.4, 0.5) is 0 Å². The summed E-state index contributed by atoms with van der Waals surface area (Å²) in [6.07, 6.45) is 4.76. The second-order valence-electron chi connectivity index (χ2n) is 4.57. The molecule has 18 heavy (non-hydrogen) atoms. The number of thiazole rings is 1. The summed E-state index contributed by atoms with van der Waals surface area (Å²) in [4.78, 5) is 8.86. The Hall–Kier alpha value is -1.26. The van der Waals surface area contributed by atoms with Crippen molar-refractivity contribution < 1.29 is 0 Å². The van der Waals surface area contributed by atoms with Crippen LogP contribution in [0.1, 0.15) is 32.0 Å². The van der Waals surface area contributed by atoms with Crippen LogP contribution in [-0.2, 0) is 13.0 Å². The van der Waals surface area contributed by atoms with Gasteiger partial charge < -0.3 is 5.32 Å². The van der Waals surface area contributed by atoms with E-state index in [1.165, 1.54) is 11.1 Å². The molecular weight excluding hydrogens is 242 g/mol. The van der Waals surface area contributed by atoms with Crippen molar-refractivity contribution in [3.8, 4) is 10.6 Å². The lowest BCUT2D eigenvalue weighted by atomic mass is 10.1. The Morgan fingerprint density at radius 2 is 2.22 bits per heavy atom.